The number of ether oxygens (including phenoxy) is 3. The van der Waals surface area contributed by atoms with Gasteiger partial charge in [0.2, 0.25) is 0 Å². The molecule has 0 saturated heterocycles. The van der Waals surface area contributed by atoms with E-state index in [9.17, 15) is 9.59 Å². The topological polar surface area (TPSA) is 91.2 Å². The lowest BCUT2D eigenvalue weighted by atomic mass is 10.2. The summed E-state index contributed by atoms with van der Waals surface area (Å²) in [5, 5.41) is 4.05. The zero-order chi connectivity index (χ0) is 23.8. The third-order valence-corrected chi connectivity index (χ3v) is 4.91. The lowest BCUT2D eigenvalue weighted by Crippen LogP contribution is -2.24. The molecule has 3 rings (SSSR count). The van der Waals surface area contributed by atoms with Crippen molar-refractivity contribution in [2.24, 2.45) is 5.10 Å². The summed E-state index contributed by atoms with van der Waals surface area (Å²) in [6.07, 6.45) is 1.58. The molecular formula is C25H27N3O5. The summed E-state index contributed by atoms with van der Waals surface area (Å²) < 4.78 is 17.6. The second-order valence-electron chi connectivity index (χ2n) is 7.19. The van der Waals surface area contributed by atoms with E-state index in [-0.39, 0.29) is 18.5 Å². The fourth-order valence-corrected chi connectivity index (χ4v) is 3.33. The number of nitrogens with zero attached hydrogens (tertiary/aromatic N) is 2. The third kappa shape index (κ3) is 6.00. The van der Waals surface area contributed by atoms with Gasteiger partial charge >= 0.3 is 5.97 Å². The summed E-state index contributed by atoms with van der Waals surface area (Å²) in [6, 6.07) is 16.2. The highest BCUT2D eigenvalue weighted by atomic mass is 16.5. The zero-order valence-electron chi connectivity index (χ0n) is 19.1. The Balaban J connectivity index is 1.64. The van der Waals surface area contributed by atoms with E-state index in [1.807, 2.05) is 36.6 Å². The van der Waals surface area contributed by atoms with Gasteiger partial charge in [-0.3, -0.25) is 4.79 Å². The summed E-state index contributed by atoms with van der Waals surface area (Å²) in [5.41, 5.74) is 6.51. The van der Waals surface area contributed by atoms with Crippen LogP contribution < -0.4 is 14.9 Å². The highest BCUT2D eigenvalue weighted by Gasteiger charge is 2.12. The summed E-state index contributed by atoms with van der Waals surface area (Å²) in [4.78, 5) is 24.1. The van der Waals surface area contributed by atoms with E-state index in [0.717, 1.165) is 22.6 Å². The van der Waals surface area contributed by atoms with Crippen LogP contribution >= 0.6 is 0 Å². The van der Waals surface area contributed by atoms with E-state index in [0.29, 0.717) is 23.7 Å². The number of methoxy groups -OCH3 is 1. The van der Waals surface area contributed by atoms with Crippen molar-refractivity contribution in [3.63, 3.8) is 0 Å². The first-order valence-corrected chi connectivity index (χ1v) is 10.5. The van der Waals surface area contributed by atoms with E-state index >= 15 is 0 Å². The van der Waals surface area contributed by atoms with Gasteiger partial charge in [-0.05, 0) is 69.3 Å². The highest BCUT2D eigenvalue weighted by Crippen LogP contribution is 2.21. The minimum Gasteiger partial charge on any atom is -0.497 e. The van der Waals surface area contributed by atoms with E-state index < -0.39 is 0 Å². The molecule has 0 radical (unpaired) electrons. The Bertz CT molecular complexity index is 1150. The number of carbonyl (C=O) groups excluding carboxylic acids is 2. The number of amides is 1. The SMILES string of the molecule is CCOC(=O)c1cccc(-n2c(C)cc(/C=N/NC(=O)COc3ccc(OC)cc3)c2C)c1. The lowest BCUT2D eigenvalue weighted by Gasteiger charge is -2.11. The maximum absolute atomic E-state index is 12.1. The fourth-order valence-electron chi connectivity index (χ4n) is 3.33. The monoisotopic (exact) mass is 449 g/mol. The molecular weight excluding hydrogens is 422 g/mol. The first-order valence-electron chi connectivity index (χ1n) is 10.5. The van der Waals surface area contributed by atoms with Gasteiger partial charge in [0.1, 0.15) is 11.5 Å². The molecule has 8 nitrogen and oxygen atoms in total. The summed E-state index contributed by atoms with van der Waals surface area (Å²) >= 11 is 0. The van der Waals surface area contributed by atoms with Crippen LogP contribution in [0.4, 0.5) is 0 Å². The summed E-state index contributed by atoms with van der Waals surface area (Å²) in [6.45, 7) is 5.84. The quantitative estimate of drug-likeness (QED) is 0.305. The van der Waals surface area contributed by atoms with Gasteiger partial charge in [-0.1, -0.05) is 6.07 Å². The fraction of sp³-hybridized carbons (Fsp3) is 0.240. The molecule has 1 N–H and O–H groups in total. The lowest BCUT2D eigenvalue weighted by molar-refractivity contribution is -0.123. The largest absolute Gasteiger partial charge is 0.497 e. The van der Waals surface area contributed by atoms with Crippen molar-refractivity contribution < 1.29 is 23.8 Å². The molecule has 0 saturated carbocycles. The van der Waals surface area contributed by atoms with Gasteiger partial charge in [-0.15, -0.1) is 0 Å². The molecule has 0 aliphatic rings. The molecule has 1 heterocycles. The van der Waals surface area contributed by atoms with Crippen molar-refractivity contribution in [1.82, 2.24) is 9.99 Å². The maximum Gasteiger partial charge on any atom is 0.338 e. The summed E-state index contributed by atoms with van der Waals surface area (Å²) in [5.74, 6) is 0.534. The molecule has 3 aromatic rings. The Labute approximate surface area is 192 Å². The van der Waals surface area contributed by atoms with Gasteiger partial charge in [-0.2, -0.15) is 5.10 Å². The van der Waals surface area contributed by atoms with Gasteiger partial charge in [0.15, 0.2) is 6.61 Å². The van der Waals surface area contributed by atoms with Crippen LogP contribution in [0.5, 0.6) is 11.5 Å². The number of esters is 1. The van der Waals surface area contributed by atoms with Crippen LogP contribution in [0.15, 0.2) is 59.7 Å². The number of nitrogens with one attached hydrogen (secondary N) is 1. The molecule has 33 heavy (non-hydrogen) atoms. The van der Waals surface area contributed by atoms with Crippen LogP contribution in [0.3, 0.4) is 0 Å². The number of hydrogen-bond donors (Lipinski definition) is 1. The second-order valence-corrected chi connectivity index (χ2v) is 7.19. The Morgan fingerprint density at radius 3 is 2.48 bits per heavy atom. The maximum atomic E-state index is 12.1. The van der Waals surface area contributed by atoms with Crippen LogP contribution in [0.25, 0.3) is 5.69 Å². The molecule has 2 aromatic carbocycles. The average Bonchev–Trinajstić information content (AvgIpc) is 3.11. The molecule has 0 unspecified atom stereocenters. The number of aromatic nitrogens is 1. The predicted molar refractivity (Wildman–Crippen MR) is 125 cm³/mol. The van der Waals surface area contributed by atoms with Crippen molar-refractivity contribution in [2.45, 2.75) is 20.8 Å². The van der Waals surface area contributed by atoms with Crippen LogP contribution in [-0.4, -0.2) is 43.0 Å². The minimum atomic E-state index is -0.377. The van der Waals surface area contributed by atoms with Crippen molar-refractivity contribution in [3.05, 3.63) is 77.1 Å². The van der Waals surface area contributed by atoms with Crippen molar-refractivity contribution >= 4 is 18.1 Å². The van der Waals surface area contributed by atoms with Gasteiger partial charge in [0.25, 0.3) is 5.91 Å². The van der Waals surface area contributed by atoms with Gasteiger partial charge in [0, 0.05) is 22.6 Å². The molecule has 1 amide bonds. The molecule has 0 aliphatic carbocycles. The first kappa shape index (κ1) is 23.6. The van der Waals surface area contributed by atoms with Crippen molar-refractivity contribution in [3.8, 4) is 17.2 Å². The van der Waals surface area contributed by atoms with Gasteiger partial charge in [-0.25, -0.2) is 10.2 Å². The number of hydrazone groups is 1. The van der Waals surface area contributed by atoms with Crippen LogP contribution in [0.1, 0.15) is 34.2 Å². The Morgan fingerprint density at radius 2 is 1.79 bits per heavy atom. The zero-order valence-corrected chi connectivity index (χ0v) is 19.1. The first-order chi connectivity index (χ1) is 15.9. The Hall–Kier alpha value is -4.07. The highest BCUT2D eigenvalue weighted by molar-refractivity contribution is 5.90. The molecule has 0 bridgehead atoms. The third-order valence-electron chi connectivity index (χ3n) is 4.91. The normalized spacial score (nSPS) is 10.8. The molecule has 0 atom stereocenters. The molecule has 172 valence electrons. The number of aryl methyl sites for hydroxylation is 1. The van der Waals surface area contributed by atoms with Crippen molar-refractivity contribution in [1.29, 1.82) is 0 Å². The minimum absolute atomic E-state index is 0.163. The number of rotatable bonds is 9. The molecule has 0 fully saturated rings. The Kier molecular flexibility index (Phi) is 7.86. The van der Waals surface area contributed by atoms with Crippen LogP contribution in [-0.2, 0) is 9.53 Å². The van der Waals surface area contributed by atoms with Crippen molar-refractivity contribution in [2.75, 3.05) is 20.3 Å². The molecule has 0 spiro atoms. The predicted octanol–water partition coefficient (Wildman–Crippen LogP) is 3.81. The van der Waals surface area contributed by atoms with Crippen LogP contribution in [0.2, 0.25) is 0 Å². The van der Waals surface area contributed by atoms with Crippen LogP contribution in [0, 0.1) is 13.8 Å². The van der Waals surface area contributed by atoms with E-state index in [4.69, 9.17) is 14.2 Å². The van der Waals surface area contributed by atoms with E-state index in [2.05, 4.69) is 10.5 Å². The molecule has 8 heteroatoms. The Morgan fingerprint density at radius 1 is 1.06 bits per heavy atom. The summed E-state index contributed by atoms with van der Waals surface area (Å²) in [7, 11) is 1.58. The van der Waals surface area contributed by atoms with Gasteiger partial charge < -0.3 is 18.8 Å². The second kappa shape index (κ2) is 11.0. The number of carbonyl (C=O) groups is 2. The van der Waals surface area contributed by atoms with E-state index in [1.165, 1.54) is 0 Å². The number of hydrogen-bond acceptors (Lipinski definition) is 6. The smallest absolute Gasteiger partial charge is 0.338 e. The molecule has 1 aromatic heterocycles. The average molecular weight is 450 g/mol. The van der Waals surface area contributed by atoms with Gasteiger partial charge in [0.05, 0.1) is 25.5 Å². The molecule has 0 aliphatic heterocycles. The van der Waals surface area contributed by atoms with E-state index in [1.54, 1.807) is 56.6 Å². The standard InChI is InChI=1S/C25H27N3O5/c1-5-32-25(30)19-7-6-8-21(14-19)28-17(2)13-20(18(28)3)15-26-27-24(29)16-33-23-11-9-22(31-4)10-12-23/h6-15H,5,16H2,1-4H3,(H,27,29)/b26-15+. The number of benzene rings is 2.